The van der Waals surface area contributed by atoms with Crippen LogP contribution in [0.15, 0.2) is 18.2 Å². The number of nitrogens with zero attached hydrogens (tertiary/aromatic N) is 1. The van der Waals surface area contributed by atoms with Crippen molar-refractivity contribution >= 4 is 5.69 Å². The van der Waals surface area contributed by atoms with Crippen LogP contribution in [0.5, 0.6) is 0 Å². The van der Waals surface area contributed by atoms with Crippen molar-refractivity contribution in [1.29, 1.82) is 0 Å². The summed E-state index contributed by atoms with van der Waals surface area (Å²) in [5.41, 5.74) is 4.25. The lowest BCUT2D eigenvalue weighted by Crippen LogP contribution is -2.18. The summed E-state index contributed by atoms with van der Waals surface area (Å²) in [6.45, 7) is 5.57. The maximum absolute atomic E-state index is 3.39. The fourth-order valence-corrected chi connectivity index (χ4v) is 2.23. The molecular weight excluding hydrogens is 184 g/mol. The molecule has 2 nitrogen and oxygen atoms in total. The van der Waals surface area contributed by atoms with E-state index in [1.54, 1.807) is 0 Å². The summed E-state index contributed by atoms with van der Waals surface area (Å²) in [5.74, 6) is 0. The summed E-state index contributed by atoms with van der Waals surface area (Å²) in [5, 5.41) is 3.39. The lowest BCUT2D eigenvalue weighted by Gasteiger charge is -2.15. The van der Waals surface area contributed by atoms with Gasteiger partial charge in [0.2, 0.25) is 0 Å². The van der Waals surface area contributed by atoms with Gasteiger partial charge in [0.05, 0.1) is 0 Å². The quantitative estimate of drug-likeness (QED) is 0.810. The molecule has 0 spiro atoms. The second-order valence-corrected chi connectivity index (χ2v) is 4.41. The van der Waals surface area contributed by atoms with Crippen molar-refractivity contribution in [3.63, 3.8) is 0 Å². The average molecular weight is 204 g/mol. The monoisotopic (exact) mass is 204 g/mol. The highest BCUT2D eigenvalue weighted by Crippen LogP contribution is 2.23. The molecule has 0 bridgehead atoms. The molecule has 0 radical (unpaired) electrons. The van der Waals surface area contributed by atoms with Gasteiger partial charge in [-0.2, -0.15) is 0 Å². The van der Waals surface area contributed by atoms with Crippen LogP contribution in [-0.4, -0.2) is 25.0 Å². The Balaban J connectivity index is 2.03. The van der Waals surface area contributed by atoms with E-state index in [-0.39, 0.29) is 0 Å². The van der Waals surface area contributed by atoms with Gasteiger partial charge in [0.15, 0.2) is 0 Å². The lowest BCUT2D eigenvalue weighted by atomic mass is 10.1. The number of rotatable bonds is 4. The van der Waals surface area contributed by atoms with Crippen molar-refractivity contribution in [2.24, 2.45) is 0 Å². The molecule has 0 atom stereocenters. The Morgan fingerprint density at radius 1 is 1.40 bits per heavy atom. The molecule has 0 aliphatic carbocycles. The van der Waals surface area contributed by atoms with E-state index in [9.17, 15) is 0 Å². The van der Waals surface area contributed by atoms with Crippen molar-refractivity contribution in [3.05, 3.63) is 29.3 Å². The molecule has 0 aromatic heterocycles. The smallest absolute Gasteiger partial charge is 0.0373 e. The van der Waals surface area contributed by atoms with Crippen molar-refractivity contribution < 1.29 is 0 Å². The van der Waals surface area contributed by atoms with Gasteiger partial charge < -0.3 is 10.2 Å². The van der Waals surface area contributed by atoms with E-state index in [2.05, 4.69) is 42.4 Å². The normalized spacial score (nSPS) is 14.1. The minimum Gasteiger partial charge on any atom is -0.384 e. The maximum Gasteiger partial charge on any atom is 0.0373 e. The largest absolute Gasteiger partial charge is 0.384 e. The highest BCUT2D eigenvalue weighted by atomic mass is 15.1. The Hall–Kier alpha value is -1.02. The van der Waals surface area contributed by atoms with Crippen LogP contribution in [-0.2, 0) is 13.0 Å². The fraction of sp³-hybridized carbons (Fsp3) is 0.538. The van der Waals surface area contributed by atoms with E-state index in [0.717, 1.165) is 13.1 Å². The first-order valence-corrected chi connectivity index (χ1v) is 5.84. The van der Waals surface area contributed by atoms with Gasteiger partial charge in [0.1, 0.15) is 0 Å². The Kier molecular flexibility index (Phi) is 3.27. The number of fused-ring (bicyclic) bond motifs is 1. The first kappa shape index (κ1) is 10.5. The van der Waals surface area contributed by atoms with Crippen LogP contribution in [0.25, 0.3) is 0 Å². The van der Waals surface area contributed by atoms with Crippen LogP contribution >= 0.6 is 0 Å². The number of nitrogens with one attached hydrogen (secondary N) is 1. The second-order valence-electron chi connectivity index (χ2n) is 4.41. The summed E-state index contributed by atoms with van der Waals surface area (Å²) >= 11 is 0. The zero-order chi connectivity index (χ0) is 10.7. The van der Waals surface area contributed by atoms with Crippen molar-refractivity contribution in [3.8, 4) is 0 Å². The fourth-order valence-electron chi connectivity index (χ4n) is 2.23. The van der Waals surface area contributed by atoms with E-state index in [4.69, 9.17) is 0 Å². The predicted octanol–water partition coefficient (Wildman–Crippen LogP) is 2.50. The number of hydrogen-bond acceptors (Lipinski definition) is 2. The molecule has 1 aliphatic rings. The lowest BCUT2D eigenvalue weighted by molar-refractivity contribution is 0.327. The van der Waals surface area contributed by atoms with E-state index >= 15 is 0 Å². The molecule has 0 saturated heterocycles. The van der Waals surface area contributed by atoms with Gasteiger partial charge in [0, 0.05) is 18.8 Å². The molecule has 15 heavy (non-hydrogen) atoms. The van der Waals surface area contributed by atoms with Gasteiger partial charge in [0.25, 0.3) is 0 Å². The van der Waals surface area contributed by atoms with Crippen LogP contribution < -0.4 is 5.32 Å². The topological polar surface area (TPSA) is 15.3 Å². The average Bonchev–Trinajstić information content (AvgIpc) is 2.65. The molecule has 0 amide bonds. The number of benzene rings is 1. The van der Waals surface area contributed by atoms with E-state index in [1.807, 2.05) is 0 Å². The number of hydrogen-bond donors (Lipinski definition) is 1. The molecule has 2 heteroatoms. The summed E-state index contributed by atoms with van der Waals surface area (Å²) in [7, 11) is 2.19. The van der Waals surface area contributed by atoms with Crippen molar-refractivity contribution in [2.75, 3.05) is 25.5 Å². The molecule has 1 aromatic rings. The molecule has 0 fully saturated rings. The third-order valence-corrected chi connectivity index (χ3v) is 2.94. The van der Waals surface area contributed by atoms with Crippen LogP contribution in [0.2, 0.25) is 0 Å². The van der Waals surface area contributed by atoms with E-state index in [0.29, 0.717) is 0 Å². The summed E-state index contributed by atoms with van der Waals surface area (Å²) in [6, 6.07) is 6.81. The first-order chi connectivity index (χ1) is 7.29. The number of anilines is 1. The molecule has 1 aromatic carbocycles. The predicted molar refractivity (Wildman–Crippen MR) is 65.3 cm³/mol. The van der Waals surface area contributed by atoms with Crippen LogP contribution in [0.3, 0.4) is 0 Å². The molecule has 1 heterocycles. The summed E-state index contributed by atoms with van der Waals surface area (Å²) in [4.78, 5) is 2.38. The minimum atomic E-state index is 1.07. The van der Waals surface area contributed by atoms with Crippen LogP contribution in [0, 0.1) is 0 Å². The zero-order valence-electron chi connectivity index (χ0n) is 9.71. The second kappa shape index (κ2) is 4.67. The SMILES string of the molecule is CCCN(C)Cc1ccc2c(c1)CCN2. The van der Waals surface area contributed by atoms with Gasteiger partial charge in [-0.1, -0.05) is 19.1 Å². The van der Waals surface area contributed by atoms with Gasteiger partial charge in [-0.05, 0) is 43.6 Å². The summed E-state index contributed by atoms with van der Waals surface area (Å²) in [6.07, 6.45) is 2.41. The zero-order valence-corrected chi connectivity index (χ0v) is 9.71. The van der Waals surface area contributed by atoms with Gasteiger partial charge >= 0.3 is 0 Å². The third-order valence-electron chi connectivity index (χ3n) is 2.94. The van der Waals surface area contributed by atoms with Crippen molar-refractivity contribution in [2.45, 2.75) is 26.3 Å². The van der Waals surface area contributed by atoms with E-state index in [1.165, 1.54) is 36.2 Å². The van der Waals surface area contributed by atoms with Crippen LogP contribution in [0.4, 0.5) is 5.69 Å². The minimum absolute atomic E-state index is 1.07. The highest BCUT2D eigenvalue weighted by molar-refractivity contribution is 5.56. The molecule has 1 aliphatic heterocycles. The van der Waals surface area contributed by atoms with Gasteiger partial charge in [-0.25, -0.2) is 0 Å². The Labute approximate surface area is 92.3 Å². The van der Waals surface area contributed by atoms with Crippen molar-refractivity contribution in [1.82, 2.24) is 4.90 Å². The highest BCUT2D eigenvalue weighted by Gasteiger charge is 2.10. The maximum atomic E-state index is 3.39. The summed E-state index contributed by atoms with van der Waals surface area (Å²) < 4.78 is 0. The van der Waals surface area contributed by atoms with Gasteiger partial charge in [-0.15, -0.1) is 0 Å². The first-order valence-electron chi connectivity index (χ1n) is 5.84. The standard InChI is InChI=1S/C13H20N2/c1-3-8-15(2)10-11-4-5-13-12(9-11)6-7-14-13/h4-5,9,14H,3,6-8,10H2,1-2H3. The molecule has 1 N–H and O–H groups in total. The van der Waals surface area contributed by atoms with E-state index < -0.39 is 0 Å². The molecule has 0 unspecified atom stereocenters. The molecule has 82 valence electrons. The Morgan fingerprint density at radius 2 is 2.27 bits per heavy atom. The third kappa shape index (κ3) is 2.51. The van der Waals surface area contributed by atoms with Crippen LogP contribution in [0.1, 0.15) is 24.5 Å². The molecule has 0 saturated carbocycles. The molecule has 2 rings (SSSR count). The molecular formula is C13H20N2. The van der Waals surface area contributed by atoms with Gasteiger partial charge in [-0.3, -0.25) is 0 Å². The Bertz CT molecular complexity index is 333. The Morgan fingerprint density at radius 3 is 3.07 bits per heavy atom.